The normalized spacial score (nSPS) is 11.5. The maximum absolute atomic E-state index is 12.7. The summed E-state index contributed by atoms with van der Waals surface area (Å²) in [5.74, 6) is -0.443. The van der Waals surface area contributed by atoms with Crippen molar-refractivity contribution in [3.8, 4) is 34.5 Å². The first kappa shape index (κ1) is 28.3. The molecule has 0 saturated carbocycles. The average molecular weight is 533 g/mol. The number of nitrogens with one attached hydrogen (secondary N) is 1. The quantitative estimate of drug-likeness (QED) is 0.162. The Kier molecular flexibility index (Phi) is 9.69. The highest BCUT2D eigenvalue weighted by molar-refractivity contribution is 6.13. The van der Waals surface area contributed by atoms with E-state index in [4.69, 9.17) is 14.2 Å². The number of methoxy groups -OCH3 is 3. The van der Waals surface area contributed by atoms with E-state index in [0.717, 1.165) is 0 Å². The van der Waals surface area contributed by atoms with E-state index < -0.39 is 5.91 Å². The SMILES string of the molecule is COc1ccc(C(=O)N/N=C(\C=C\c2ccc(O)c(OC)c2)CC(=O)/C=C/c2ccc(O)c(OC)c2)c(O)c1. The number of amides is 1. The Balaban J connectivity index is 1.83. The van der Waals surface area contributed by atoms with Gasteiger partial charge in [-0.3, -0.25) is 9.59 Å². The van der Waals surface area contributed by atoms with Crippen LogP contribution in [0.15, 0.2) is 71.9 Å². The molecule has 0 aliphatic rings. The first-order valence-electron chi connectivity index (χ1n) is 11.6. The van der Waals surface area contributed by atoms with Gasteiger partial charge in [0, 0.05) is 6.07 Å². The van der Waals surface area contributed by atoms with E-state index in [1.807, 2.05) is 0 Å². The minimum Gasteiger partial charge on any atom is -0.507 e. The standard InChI is InChI=1S/C29H28N2O8/c1-37-22-10-11-23(26(35)17-22)29(36)31-30-20(8-4-18-6-12-24(33)27(14-18)38-2)16-21(32)9-5-19-7-13-25(34)28(15-19)39-3/h4-15,17,33-35H,16H2,1-3H3,(H,31,36)/b8-4+,9-5+,30-20+. The predicted molar refractivity (Wildman–Crippen MR) is 147 cm³/mol. The average Bonchev–Trinajstić information content (AvgIpc) is 2.94. The van der Waals surface area contributed by atoms with Gasteiger partial charge in [-0.05, 0) is 59.7 Å². The number of rotatable bonds is 11. The molecule has 10 heteroatoms. The monoisotopic (exact) mass is 532 g/mol. The number of nitrogens with zero attached hydrogens (tertiary/aromatic N) is 1. The predicted octanol–water partition coefficient (Wildman–Crippen LogP) is 4.30. The van der Waals surface area contributed by atoms with Crippen molar-refractivity contribution in [2.24, 2.45) is 5.10 Å². The Morgan fingerprint density at radius 2 is 1.36 bits per heavy atom. The smallest absolute Gasteiger partial charge is 0.275 e. The molecule has 0 unspecified atom stereocenters. The number of phenols is 3. The summed E-state index contributed by atoms with van der Waals surface area (Å²) >= 11 is 0. The molecule has 39 heavy (non-hydrogen) atoms. The zero-order valence-electron chi connectivity index (χ0n) is 21.5. The number of ketones is 1. The number of benzene rings is 3. The lowest BCUT2D eigenvalue weighted by Crippen LogP contribution is -2.20. The van der Waals surface area contributed by atoms with E-state index in [1.165, 1.54) is 63.8 Å². The Hall–Kier alpha value is -5.25. The number of ether oxygens (including phenoxy) is 3. The highest BCUT2D eigenvalue weighted by atomic mass is 16.5. The van der Waals surface area contributed by atoms with Crippen LogP contribution in [0.2, 0.25) is 0 Å². The molecule has 3 aromatic rings. The van der Waals surface area contributed by atoms with Crippen LogP contribution in [0.3, 0.4) is 0 Å². The van der Waals surface area contributed by atoms with E-state index in [1.54, 1.807) is 36.4 Å². The van der Waals surface area contributed by atoms with Crippen molar-refractivity contribution in [1.29, 1.82) is 0 Å². The van der Waals surface area contributed by atoms with Crippen molar-refractivity contribution in [1.82, 2.24) is 5.43 Å². The molecule has 3 rings (SSSR count). The molecule has 0 aromatic heterocycles. The van der Waals surface area contributed by atoms with Gasteiger partial charge in [0.2, 0.25) is 0 Å². The van der Waals surface area contributed by atoms with Gasteiger partial charge in [0.1, 0.15) is 11.5 Å². The van der Waals surface area contributed by atoms with E-state index in [9.17, 15) is 24.9 Å². The minimum absolute atomic E-state index is 0.0231. The van der Waals surface area contributed by atoms with Crippen molar-refractivity contribution < 1.29 is 39.1 Å². The number of carbonyl (C=O) groups excluding carboxylic acids is 2. The molecular weight excluding hydrogens is 504 g/mol. The van der Waals surface area contributed by atoms with Crippen molar-refractivity contribution in [2.45, 2.75) is 6.42 Å². The third kappa shape index (κ3) is 7.86. The molecule has 0 fully saturated rings. The second kappa shape index (κ2) is 13.3. The lowest BCUT2D eigenvalue weighted by Gasteiger charge is -2.07. The second-order valence-electron chi connectivity index (χ2n) is 8.10. The maximum Gasteiger partial charge on any atom is 0.275 e. The topological polar surface area (TPSA) is 147 Å². The number of aromatic hydroxyl groups is 3. The van der Waals surface area contributed by atoms with Crippen molar-refractivity contribution in [2.75, 3.05) is 21.3 Å². The minimum atomic E-state index is -0.688. The van der Waals surface area contributed by atoms with Crippen LogP contribution in [0.4, 0.5) is 0 Å². The van der Waals surface area contributed by atoms with Gasteiger partial charge in [-0.1, -0.05) is 24.3 Å². The van der Waals surface area contributed by atoms with Crippen molar-refractivity contribution >= 4 is 29.6 Å². The van der Waals surface area contributed by atoms with Crippen LogP contribution >= 0.6 is 0 Å². The largest absolute Gasteiger partial charge is 0.507 e. The van der Waals surface area contributed by atoms with Gasteiger partial charge in [0.15, 0.2) is 28.8 Å². The van der Waals surface area contributed by atoms with Crippen LogP contribution in [0, 0.1) is 0 Å². The summed E-state index contributed by atoms with van der Waals surface area (Å²) in [6.07, 6.45) is 5.90. The van der Waals surface area contributed by atoms with E-state index in [0.29, 0.717) is 16.9 Å². The molecule has 0 saturated heterocycles. The summed E-state index contributed by atoms with van der Waals surface area (Å²) in [7, 11) is 4.28. The lowest BCUT2D eigenvalue weighted by molar-refractivity contribution is -0.113. The number of phenolic OH excluding ortho intramolecular Hbond substituents is 3. The Morgan fingerprint density at radius 3 is 1.90 bits per heavy atom. The first-order chi connectivity index (χ1) is 18.7. The fourth-order valence-corrected chi connectivity index (χ4v) is 3.36. The molecule has 1 amide bonds. The Morgan fingerprint density at radius 1 is 0.769 bits per heavy atom. The molecule has 0 atom stereocenters. The number of hydrogen-bond donors (Lipinski definition) is 4. The molecule has 0 aliphatic carbocycles. The molecule has 3 aromatic carbocycles. The van der Waals surface area contributed by atoms with Gasteiger partial charge >= 0.3 is 0 Å². The third-order valence-electron chi connectivity index (χ3n) is 5.44. The molecule has 0 aliphatic heterocycles. The molecule has 0 bridgehead atoms. The fraction of sp³-hybridized carbons (Fsp3) is 0.138. The summed E-state index contributed by atoms with van der Waals surface area (Å²) in [6, 6.07) is 13.5. The highest BCUT2D eigenvalue weighted by Crippen LogP contribution is 2.28. The maximum atomic E-state index is 12.7. The van der Waals surface area contributed by atoms with Crippen LogP contribution in [-0.2, 0) is 4.79 Å². The van der Waals surface area contributed by atoms with Gasteiger partial charge in [0.25, 0.3) is 5.91 Å². The van der Waals surface area contributed by atoms with Crippen LogP contribution in [-0.4, -0.2) is 54.1 Å². The van der Waals surface area contributed by atoms with Crippen LogP contribution in [0.1, 0.15) is 27.9 Å². The van der Waals surface area contributed by atoms with Crippen LogP contribution < -0.4 is 19.6 Å². The Labute approximate surface area is 225 Å². The molecule has 4 N–H and O–H groups in total. The summed E-state index contributed by atoms with van der Waals surface area (Å²) in [5.41, 5.74) is 3.82. The van der Waals surface area contributed by atoms with Gasteiger partial charge < -0.3 is 29.5 Å². The number of hydrogen-bond acceptors (Lipinski definition) is 9. The molecular formula is C29H28N2O8. The summed E-state index contributed by atoms with van der Waals surface area (Å²) < 4.78 is 15.2. The molecule has 0 radical (unpaired) electrons. The summed E-state index contributed by atoms with van der Waals surface area (Å²) in [6.45, 7) is 0. The second-order valence-corrected chi connectivity index (χ2v) is 8.10. The van der Waals surface area contributed by atoms with Crippen molar-refractivity contribution in [3.63, 3.8) is 0 Å². The highest BCUT2D eigenvalue weighted by Gasteiger charge is 2.12. The fourth-order valence-electron chi connectivity index (χ4n) is 3.36. The number of carbonyl (C=O) groups is 2. The third-order valence-corrected chi connectivity index (χ3v) is 5.44. The summed E-state index contributed by atoms with van der Waals surface area (Å²) in [4.78, 5) is 25.4. The van der Waals surface area contributed by atoms with E-state index in [2.05, 4.69) is 10.5 Å². The van der Waals surface area contributed by atoms with Gasteiger partial charge in [-0.25, -0.2) is 5.43 Å². The number of allylic oxidation sites excluding steroid dienone is 2. The summed E-state index contributed by atoms with van der Waals surface area (Å²) in [5, 5.41) is 33.8. The van der Waals surface area contributed by atoms with Crippen LogP contribution in [0.25, 0.3) is 12.2 Å². The van der Waals surface area contributed by atoms with Crippen molar-refractivity contribution in [3.05, 3.63) is 83.4 Å². The van der Waals surface area contributed by atoms with E-state index in [-0.39, 0.29) is 52.2 Å². The molecule has 10 nitrogen and oxygen atoms in total. The Bertz CT molecular complexity index is 1440. The number of hydrazone groups is 1. The zero-order valence-corrected chi connectivity index (χ0v) is 21.5. The van der Waals surface area contributed by atoms with E-state index >= 15 is 0 Å². The zero-order chi connectivity index (χ0) is 28.4. The van der Waals surface area contributed by atoms with Gasteiger partial charge in [-0.2, -0.15) is 5.10 Å². The molecule has 0 spiro atoms. The van der Waals surface area contributed by atoms with Gasteiger partial charge in [0.05, 0.1) is 39.0 Å². The van der Waals surface area contributed by atoms with Gasteiger partial charge in [-0.15, -0.1) is 0 Å². The molecule has 0 heterocycles. The van der Waals surface area contributed by atoms with Crippen LogP contribution in [0.5, 0.6) is 34.5 Å². The molecule has 202 valence electrons. The lowest BCUT2D eigenvalue weighted by atomic mass is 10.1. The first-order valence-corrected chi connectivity index (χ1v) is 11.6.